The summed E-state index contributed by atoms with van der Waals surface area (Å²) in [5.41, 5.74) is 10.8. The molecule has 4 aromatic carbocycles. The summed E-state index contributed by atoms with van der Waals surface area (Å²) in [7, 11) is 0. The van der Waals surface area contributed by atoms with Gasteiger partial charge in [0.1, 0.15) is 0 Å². The fraction of sp³-hybridized carbons (Fsp3) is 0.0385. The van der Waals surface area contributed by atoms with Crippen molar-refractivity contribution >= 4 is 73.5 Å². The summed E-state index contributed by atoms with van der Waals surface area (Å²) in [5.74, 6) is -0.462. The van der Waals surface area contributed by atoms with Crippen molar-refractivity contribution < 1.29 is 4.79 Å². The summed E-state index contributed by atoms with van der Waals surface area (Å²) in [5, 5.41) is 2.79. The molecule has 5 rings (SSSR count). The molecule has 0 unspecified atom stereocenters. The van der Waals surface area contributed by atoms with Gasteiger partial charge in [0.2, 0.25) is 5.91 Å². The summed E-state index contributed by atoms with van der Waals surface area (Å²) < 4.78 is 3.35. The molecule has 0 spiro atoms. The molecule has 0 aliphatic rings. The Labute approximate surface area is 208 Å². The summed E-state index contributed by atoms with van der Waals surface area (Å²) in [6.07, 6.45) is 0. The Morgan fingerprint density at radius 2 is 1.69 bits per heavy atom. The Morgan fingerprint density at radius 1 is 0.969 bits per heavy atom. The number of fused-ring (bicyclic) bond motifs is 3. The van der Waals surface area contributed by atoms with E-state index in [1.165, 1.54) is 0 Å². The average molecular weight is 570 g/mol. The van der Waals surface area contributed by atoms with Crippen LogP contribution in [0.4, 0.5) is 0 Å². The van der Waals surface area contributed by atoms with E-state index >= 15 is 0 Å². The number of hydrogen-bond acceptors (Lipinski definition) is 1. The second-order valence-electron chi connectivity index (χ2n) is 7.53. The lowest BCUT2D eigenvalue weighted by molar-refractivity contribution is 0.100. The Balaban J connectivity index is 1.84. The highest BCUT2D eigenvalue weighted by Gasteiger charge is 2.18. The quantitative estimate of drug-likeness (QED) is 0.226. The minimum Gasteiger partial charge on any atom is -0.366 e. The van der Waals surface area contributed by atoms with Gasteiger partial charge in [-0.25, -0.2) is 0 Å². The van der Waals surface area contributed by atoms with Crippen LogP contribution in [0.1, 0.15) is 15.9 Å². The monoisotopic (exact) mass is 569 g/mol. The molecule has 5 aromatic rings. The smallest absolute Gasteiger partial charge is 0.249 e. The highest BCUT2D eigenvalue weighted by molar-refractivity contribution is 14.1. The number of nitrogens with zero attached hydrogens (tertiary/aromatic N) is 1. The van der Waals surface area contributed by atoms with Crippen LogP contribution in [0, 0.1) is 9.64 Å². The summed E-state index contributed by atoms with van der Waals surface area (Å²) in [6.45, 7) is 0.632. The van der Waals surface area contributed by atoms with Gasteiger partial charge in [0.05, 0.1) is 11.0 Å². The molecule has 6 heteroatoms. The van der Waals surface area contributed by atoms with E-state index in [0.29, 0.717) is 22.2 Å². The summed E-state index contributed by atoms with van der Waals surface area (Å²) in [6, 6.07) is 26.7. The van der Waals surface area contributed by atoms with Crippen molar-refractivity contribution in [2.24, 2.45) is 5.73 Å². The summed E-state index contributed by atoms with van der Waals surface area (Å²) in [4.78, 5) is 12.2. The molecule has 32 heavy (non-hydrogen) atoms. The maximum Gasteiger partial charge on any atom is 0.249 e. The first kappa shape index (κ1) is 21.3. The predicted octanol–water partition coefficient (Wildman–Crippen LogP) is 7.32. The van der Waals surface area contributed by atoms with E-state index in [1.54, 1.807) is 6.07 Å². The van der Waals surface area contributed by atoms with E-state index < -0.39 is 5.91 Å². The molecular weight excluding hydrogens is 554 g/mol. The van der Waals surface area contributed by atoms with Gasteiger partial charge in [0.25, 0.3) is 0 Å². The second-order valence-corrected chi connectivity index (χ2v) is 9.59. The number of halogens is 3. The van der Waals surface area contributed by atoms with Crippen molar-refractivity contribution in [3.05, 3.63) is 104 Å². The van der Waals surface area contributed by atoms with Gasteiger partial charge in [0, 0.05) is 42.1 Å². The van der Waals surface area contributed by atoms with Crippen molar-refractivity contribution in [2.45, 2.75) is 6.54 Å². The number of carbonyl (C=O) groups is 1. The third-order valence-corrected chi connectivity index (χ3v) is 6.84. The Morgan fingerprint density at radius 3 is 2.41 bits per heavy atom. The first-order valence-corrected chi connectivity index (χ1v) is 11.7. The van der Waals surface area contributed by atoms with Gasteiger partial charge in [-0.3, -0.25) is 4.79 Å². The highest BCUT2D eigenvalue weighted by atomic mass is 127. The summed E-state index contributed by atoms with van der Waals surface area (Å²) >= 11 is 15.3. The fourth-order valence-corrected chi connectivity index (χ4v) is 5.39. The molecular formula is C26H16Cl2IN2O. The number of primary amides is 1. The van der Waals surface area contributed by atoms with Gasteiger partial charge in [-0.15, -0.1) is 0 Å². The number of carbonyl (C=O) groups excluding carboxylic acids is 1. The van der Waals surface area contributed by atoms with Crippen molar-refractivity contribution in [1.82, 2.24) is 4.57 Å². The topological polar surface area (TPSA) is 48.0 Å². The molecule has 1 aromatic heterocycles. The molecule has 0 saturated heterocycles. The third kappa shape index (κ3) is 3.66. The van der Waals surface area contributed by atoms with Crippen molar-refractivity contribution in [3.8, 4) is 11.1 Å². The van der Waals surface area contributed by atoms with E-state index in [9.17, 15) is 4.79 Å². The lowest BCUT2D eigenvalue weighted by Gasteiger charge is -2.11. The van der Waals surface area contributed by atoms with Crippen LogP contribution in [-0.4, -0.2) is 10.5 Å². The van der Waals surface area contributed by atoms with Crippen molar-refractivity contribution in [1.29, 1.82) is 0 Å². The minimum absolute atomic E-state index is 0.462. The molecule has 0 aliphatic carbocycles. The van der Waals surface area contributed by atoms with Crippen LogP contribution in [-0.2, 0) is 6.54 Å². The number of amides is 1. The number of nitrogens with two attached hydrogens (primary N) is 1. The lowest BCUT2D eigenvalue weighted by Crippen LogP contribution is -2.11. The molecule has 1 amide bonds. The minimum atomic E-state index is -0.462. The molecule has 1 heterocycles. The Bertz CT molecular complexity index is 1500. The van der Waals surface area contributed by atoms with Gasteiger partial charge in [0.15, 0.2) is 0 Å². The lowest BCUT2D eigenvalue weighted by atomic mass is 10.0. The van der Waals surface area contributed by atoms with Crippen LogP contribution in [0.25, 0.3) is 32.9 Å². The molecule has 0 saturated carbocycles. The number of hydrogen-bond donors (Lipinski definition) is 1. The van der Waals surface area contributed by atoms with Crippen LogP contribution in [0.3, 0.4) is 0 Å². The van der Waals surface area contributed by atoms with E-state index in [-0.39, 0.29) is 0 Å². The van der Waals surface area contributed by atoms with Gasteiger partial charge in [-0.1, -0.05) is 47.5 Å². The van der Waals surface area contributed by atoms with Crippen LogP contribution in [0.5, 0.6) is 0 Å². The number of aromatic nitrogens is 1. The molecule has 0 bridgehead atoms. The van der Waals surface area contributed by atoms with Gasteiger partial charge in [-0.2, -0.15) is 0 Å². The maximum absolute atomic E-state index is 12.2. The van der Waals surface area contributed by atoms with Crippen LogP contribution < -0.4 is 5.73 Å². The molecule has 0 fully saturated rings. The van der Waals surface area contributed by atoms with Gasteiger partial charge < -0.3 is 10.3 Å². The first-order chi connectivity index (χ1) is 15.4. The van der Waals surface area contributed by atoms with Gasteiger partial charge in [-0.05, 0) is 88.3 Å². The van der Waals surface area contributed by atoms with E-state index in [2.05, 4.69) is 57.5 Å². The largest absolute Gasteiger partial charge is 0.366 e. The molecule has 157 valence electrons. The Hall–Kier alpha value is -2.54. The van der Waals surface area contributed by atoms with E-state index in [0.717, 1.165) is 42.1 Å². The highest BCUT2D eigenvalue weighted by Crippen LogP contribution is 2.39. The van der Waals surface area contributed by atoms with Crippen LogP contribution in [0.2, 0.25) is 10.0 Å². The predicted molar refractivity (Wildman–Crippen MR) is 141 cm³/mol. The number of rotatable bonds is 4. The molecule has 0 aliphatic heterocycles. The van der Waals surface area contributed by atoms with Crippen molar-refractivity contribution in [3.63, 3.8) is 0 Å². The van der Waals surface area contributed by atoms with Gasteiger partial charge >= 0.3 is 0 Å². The molecule has 1 radical (unpaired) electrons. The van der Waals surface area contributed by atoms with Crippen LogP contribution >= 0.6 is 45.8 Å². The van der Waals surface area contributed by atoms with E-state index in [4.69, 9.17) is 28.9 Å². The maximum atomic E-state index is 12.2. The number of benzene rings is 4. The van der Waals surface area contributed by atoms with Crippen LogP contribution in [0.15, 0.2) is 72.8 Å². The first-order valence-electron chi connectivity index (χ1n) is 9.89. The molecule has 0 atom stereocenters. The van der Waals surface area contributed by atoms with Crippen molar-refractivity contribution in [2.75, 3.05) is 0 Å². The fourth-order valence-electron chi connectivity index (χ4n) is 4.17. The second kappa shape index (κ2) is 8.43. The molecule has 3 nitrogen and oxygen atoms in total. The normalized spacial score (nSPS) is 11.3. The zero-order chi connectivity index (χ0) is 22.4. The SMILES string of the molecule is NC(=O)c1cccc2c1c1[c]cc(-c3c(Cl)cccc3Cl)cc1n2Cc1cccc(I)c1. The average Bonchev–Trinajstić information content (AvgIpc) is 3.07. The standard InChI is InChI=1S/C26H16Cl2IN2O/c27-20-7-3-8-21(28)24(20)16-10-11-18-23(13-16)31(14-15-4-1-5-17(29)12-15)22-9-2-6-19(25(18)22)26(30)32/h1-10,12-13H,14H2,(H2,30,32). The third-order valence-electron chi connectivity index (χ3n) is 5.54. The Kier molecular flexibility index (Phi) is 5.61. The zero-order valence-corrected chi connectivity index (χ0v) is 20.4. The molecule has 2 N–H and O–H groups in total. The van der Waals surface area contributed by atoms with E-state index in [1.807, 2.05) is 42.5 Å². The zero-order valence-electron chi connectivity index (χ0n) is 16.7.